The summed E-state index contributed by atoms with van der Waals surface area (Å²) in [5.74, 6) is -1.19. The molecule has 33 heavy (non-hydrogen) atoms. The highest BCUT2D eigenvalue weighted by Gasteiger charge is 2.66. The first kappa shape index (κ1) is 24.6. The Kier molecular flexibility index (Phi) is 5.41. The van der Waals surface area contributed by atoms with Crippen molar-refractivity contribution in [1.82, 2.24) is 25.6 Å². The summed E-state index contributed by atoms with van der Waals surface area (Å²) in [6.45, 7) is 0. The minimum Gasteiger partial charge on any atom is -0.293 e. The minimum absolute atomic E-state index is 0.163. The monoisotopic (exact) mass is 505 g/mol. The van der Waals surface area contributed by atoms with Crippen LogP contribution in [-0.4, -0.2) is 32.5 Å². The molecule has 3 rings (SSSR count). The molecule has 182 valence electrons. The molecule has 1 aromatic carbocycles. The molecule has 7 nitrogen and oxygen atoms in total. The summed E-state index contributed by atoms with van der Waals surface area (Å²) in [4.78, 5) is 23.6. The molecule has 1 amide bonds. The molecule has 0 atom stereocenters. The lowest BCUT2D eigenvalue weighted by molar-refractivity contribution is -0.137. The van der Waals surface area contributed by atoms with E-state index in [0.29, 0.717) is 25.7 Å². The van der Waals surface area contributed by atoms with Crippen molar-refractivity contribution < 1.29 is 42.2 Å². The first-order valence-electron chi connectivity index (χ1n) is 9.00. The van der Waals surface area contributed by atoms with Gasteiger partial charge in [-0.15, -0.1) is 5.10 Å². The second-order valence-electron chi connectivity index (χ2n) is 7.26. The smallest absolute Gasteiger partial charge is 0.293 e. The number of alkyl halides is 3. The molecule has 1 fully saturated rings. The van der Waals surface area contributed by atoms with Gasteiger partial charge in [-0.3, -0.25) is 15.0 Å². The number of benzene rings is 1. The van der Waals surface area contributed by atoms with Gasteiger partial charge < -0.3 is 0 Å². The van der Waals surface area contributed by atoms with E-state index >= 15 is 0 Å². The number of carbonyl (C=O) groups is 2. The summed E-state index contributed by atoms with van der Waals surface area (Å²) in [6, 6.07) is -0.622. The van der Waals surface area contributed by atoms with Crippen LogP contribution in [0.5, 0.6) is 0 Å². The number of halogens is 8. The van der Waals surface area contributed by atoms with Gasteiger partial charge in [0.05, 0.1) is 11.1 Å². The Morgan fingerprint density at radius 3 is 2.30 bits per heavy atom. The fourth-order valence-electron chi connectivity index (χ4n) is 3.03. The summed E-state index contributed by atoms with van der Waals surface area (Å²) in [5.41, 5.74) is 0.771. The van der Waals surface area contributed by atoms with Crippen molar-refractivity contribution in [3.8, 4) is 11.4 Å². The zero-order chi connectivity index (χ0) is 24.8. The Labute approximate surface area is 180 Å². The molecule has 1 aromatic heterocycles. The van der Waals surface area contributed by atoms with Crippen LogP contribution in [-0.2, 0) is 15.8 Å². The number of nitrogens with zero attached hydrogens (tertiary/aromatic N) is 3. The number of ketones is 1. The van der Waals surface area contributed by atoms with Gasteiger partial charge in [0.2, 0.25) is 6.41 Å². The van der Waals surface area contributed by atoms with Gasteiger partial charge in [-0.05, 0) is 37.5 Å². The van der Waals surface area contributed by atoms with E-state index in [2.05, 4.69) is 20.9 Å². The maximum Gasteiger partial charge on any atom is 0.416 e. The van der Waals surface area contributed by atoms with Crippen LogP contribution < -0.4 is 10.9 Å². The Morgan fingerprint density at radius 2 is 1.79 bits per heavy atom. The number of aromatic nitrogens is 3. The first-order valence-corrected chi connectivity index (χ1v) is 11.0. The average Bonchev–Trinajstić information content (AvgIpc) is 3.12. The second-order valence-corrected chi connectivity index (χ2v) is 9.67. The largest absolute Gasteiger partial charge is 0.416 e. The minimum atomic E-state index is -10.4. The molecule has 1 saturated carbocycles. The van der Waals surface area contributed by atoms with Gasteiger partial charge in [0.1, 0.15) is 11.2 Å². The van der Waals surface area contributed by atoms with Gasteiger partial charge in [-0.2, -0.15) is 13.2 Å². The molecule has 0 unspecified atom stereocenters. The summed E-state index contributed by atoms with van der Waals surface area (Å²) >= 11 is 0. The average molecular weight is 505 g/mol. The highest BCUT2D eigenvalue weighted by atomic mass is 32.5. The molecule has 0 spiro atoms. The van der Waals surface area contributed by atoms with E-state index in [9.17, 15) is 42.2 Å². The van der Waals surface area contributed by atoms with Crippen LogP contribution in [0.3, 0.4) is 0 Å². The molecular formula is C17H15F8N5O2S. The summed E-state index contributed by atoms with van der Waals surface area (Å²) in [7, 11) is -10.4. The van der Waals surface area contributed by atoms with Gasteiger partial charge in [0, 0.05) is 17.8 Å². The molecule has 0 bridgehead atoms. The second kappa shape index (κ2) is 7.24. The Balaban J connectivity index is 1.93. The highest BCUT2D eigenvalue weighted by Crippen LogP contribution is 3.02. The van der Waals surface area contributed by atoms with Crippen LogP contribution in [0.1, 0.15) is 24.8 Å². The fourth-order valence-corrected chi connectivity index (χ4v) is 3.73. The van der Waals surface area contributed by atoms with Crippen molar-refractivity contribution >= 4 is 28.6 Å². The topological polar surface area (TPSA) is 88.9 Å². The van der Waals surface area contributed by atoms with Crippen molar-refractivity contribution in [2.75, 3.05) is 0 Å². The molecule has 16 heteroatoms. The SMILES string of the molecule is O=CNNC1(C(=O)/C=C\n2cnc(-c3cc(C(F)(F)F)cc(S(F)(F)(F)(F)F)c3)n2)CCC1. The molecule has 1 aliphatic rings. The van der Waals surface area contributed by atoms with E-state index in [1.54, 1.807) is 0 Å². The fraction of sp³-hybridized carbons (Fsp3) is 0.294. The number of amides is 1. The van der Waals surface area contributed by atoms with E-state index in [1.807, 2.05) is 0 Å². The van der Waals surface area contributed by atoms with Crippen LogP contribution in [0.15, 0.2) is 35.5 Å². The number of carbonyl (C=O) groups excluding carboxylic acids is 2. The summed E-state index contributed by atoms with van der Waals surface area (Å²) in [6.07, 6.45) is -0.599. The molecular weight excluding hydrogens is 490 g/mol. The lowest BCUT2D eigenvalue weighted by Crippen LogP contribution is -2.61. The van der Waals surface area contributed by atoms with Gasteiger partial charge in [-0.1, -0.05) is 19.4 Å². The lowest BCUT2D eigenvalue weighted by Gasteiger charge is -2.40. The molecule has 1 aliphatic carbocycles. The van der Waals surface area contributed by atoms with Crippen LogP contribution in [0.4, 0.5) is 32.6 Å². The third-order valence-corrected chi connectivity index (χ3v) is 6.00. The summed E-state index contributed by atoms with van der Waals surface area (Å²) in [5, 5.41) is 3.64. The van der Waals surface area contributed by atoms with Gasteiger partial charge in [-0.25, -0.2) is 15.1 Å². The van der Waals surface area contributed by atoms with Gasteiger partial charge in [0.25, 0.3) is 0 Å². The molecule has 0 saturated heterocycles. The van der Waals surface area contributed by atoms with Crippen LogP contribution in [0.25, 0.3) is 17.6 Å². The lowest BCUT2D eigenvalue weighted by atomic mass is 9.74. The normalized spacial score (nSPS) is 18.3. The molecule has 2 N–H and O–H groups in total. The molecule has 0 aliphatic heterocycles. The van der Waals surface area contributed by atoms with E-state index in [0.717, 1.165) is 23.3 Å². The van der Waals surface area contributed by atoms with Crippen molar-refractivity contribution in [2.45, 2.75) is 35.9 Å². The van der Waals surface area contributed by atoms with E-state index in [4.69, 9.17) is 0 Å². The van der Waals surface area contributed by atoms with Crippen molar-refractivity contribution in [3.63, 3.8) is 0 Å². The van der Waals surface area contributed by atoms with Crippen LogP contribution in [0, 0.1) is 0 Å². The number of rotatable bonds is 8. The standard InChI is InChI=1S/C17H15F8N5O2S/c18-17(19,20)12-6-11(7-13(8-12)33(21,22,23,24)25)15-26-9-30(28-15)5-2-14(32)16(3-1-4-16)29-27-10-31/h2,5-10,29H,1,3-4H2,(H,27,31)/b5-2-. The number of hydrogen-bond donors (Lipinski definition) is 2. The van der Waals surface area contributed by atoms with E-state index < -0.39 is 55.6 Å². The number of hydrogen-bond acceptors (Lipinski definition) is 5. The van der Waals surface area contributed by atoms with Crippen LogP contribution >= 0.6 is 10.2 Å². The quantitative estimate of drug-likeness (QED) is 0.232. The van der Waals surface area contributed by atoms with Crippen molar-refractivity contribution in [1.29, 1.82) is 0 Å². The third-order valence-electron chi connectivity index (χ3n) is 4.87. The Morgan fingerprint density at radius 1 is 1.12 bits per heavy atom. The Hall–Kier alpha value is -3.01. The number of hydrazine groups is 1. The predicted molar refractivity (Wildman–Crippen MR) is 101 cm³/mol. The zero-order valence-corrected chi connectivity index (χ0v) is 17.1. The summed E-state index contributed by atoms with van der Waals surface area (Å²) < 4.78 is 106. The van der Waals surface area contributed by atoms with Gasteiger partial charge in [0.15, 0.2) is 11.6 Å². The van der Waals surface area contributed by atoms with E-state index in [-0.39, 0.29) is 12.1 Å². The maximum absolute atomic E-state index is 13.2. The molecule has 0 radical (unpaired) electrons. The van der Waals surface area contributed by atoms with Crippen molar-refractivity contribution in [2.24, 2.45) is 0 Å². The highest BCUT2D eigenvalue weighted by molar-refractivity contribution is 8.45. The Bertz CT molecular complexity index is 1120. The van der Waals surface area contributed by atoms with Gasteiger partial charge >= 0.3 is 16.4 Å². The molecule has 2 aromatic rings. The third kappa shape index (κ3) is 5.50. The van der Waals surface area contributed by atoms with Crippen molar-refractivity contribution in [3.05, 3.63) is 36.2 Å². The zero-order valence-electron chi connectivity index (χ0n) is 16.3. The number of nitrogens with one attached hydrogen (secondary N) is 2. The molecule has 1 heterocycles. The predicted octanol–water partition coefficient (Wildman–Crippen LogP) is 4.83. The maximum atomic E-state index is 13.2. The first-order chi connectivity index (χ1) is 14.9. The van der Waals surface area contributed by atoms with Crippen LogP contribution in [0.2, 0.25) is 0 Å². The van der Waals surface area contributed by atoms with E-state index in [1.165, 1.54) is 0 Å².